The molecule has 1 aliphatic rings. The number of rotatable bonds is 5. The summed E-state index contributed by atoms with van der Waals surface area (Å²) in [5.41, 5.74) is 0. The molecule has 0 aromatic heterocycles. The van der Waals surface area contributed by atoms with Gasteiger partial charge in [0.25, 0.3) is 0 Å². The van der Waals surface area contributed by atoms with Gasteiger partial charge in [-0.15, -0.1) is 0 Å². The summed E-state index contributed by atoms with van der Waals surface area (Å²) in [5, 5.41) is 0. The Morgan fingerprint density at radius 2 is 2.33 bits per heavy atom. The summed E-state index contributed by atoms with van der Waals surface area (Å²) in [7, 11) is 1.39. The molecule has 4 nitrogen and oxygen atoms in total. The van der Waals surface area contributed by atoms with Gasteiger partial charge >= 0.3 is 5.97 Å². The molecule has 1 aliphatic heterocycles. The molecule has 1 heterocycles. The van der Waals surface area contributed by atoms with Crippen LogP contribution in [-0.2, 0) is 14.3 Å². The van der Waals surface area contributed by atoms with Crippen molar-refractivity contribution in [1.82, 2.24) is 4.90 Å². The molecule has 0 bridgehead atoms. The van der Waals surface area contributed by atoms with Crippen LogP contribution >= 0.6 is 0 Å². The lowest BCUT2D eigenvalue weighted by Gasteiger charge is -2.23. The maximum Gasteiger partial charge on any atom is 0.305 e. The molecule has 86 valence electrons. The lowest BCUT2D eigenvalue weighted by Crippen LogP contribution is -2.34. The third-order valence-corrected chi connectivity index (χ3v) is 2.83. The first-order valence-corrected chi connectivity index (χ1v) is 5.55. The minimum Gasteiger partial charge on any atom is -0.469 e. The lowest BCUT2D eigenvalue weighted by molar-refractivity contribution is -0.141. The van der Waals surface area contributed by atoms with E-state index in [0.29, 0.717) is 12.8 Å². The van der Waals surface area contributed by atoms with Gasteiger partial charge in [0.2, 0.25) is 5.91 Å². The van der Waals surface area contributed by atoms with Crippen LogP contribution in [0.1, 0.15) is 39.0 Å². The molecule has 0 aromatic rings. The van der Waals surface area contributed by atoms with Crippen molar-refractivity contribution in [3.8, 4) is 0 Å². The van der Waals surface area contributed by atoms with Crippen LogP contribution in [0.25, 0.3) is 0 Å². The number of methoxy groups -OCH3 is 1. The SMILES string of the molecule is CCCN1C(=O)CC[C@@H]1CCC(=O)OC. The average Bonchev–Trinajstić information content (AvgIpc) is 2.58. The van der Waals surface area contributed by atoms with Crippen LogP contribution in [0, 0.1) is 0 Å². The van der Waals surface area contributed by atoms with Gasteiger partial charge < -0.3 is 9.64 Å². The Hall–Kier alpha value is -1.06. The van der Waals surface area contributed by atoms with Crippen molar-refractivity contribution >= 4 is 11.9 Å². The van der Waals surface area contributed by atoms with E-state index in [9.17, 15) is 9.59 Å². The van der Waals surface area contributed by atoms with E-state index in [0.717, 1.165) is 25.8 Å². The Bertz CT molecular complexity index is 240. The molecule has 4 heteroatoms. The standard InChI is InChI=1S/C11H19NO3/c1-3-8-12-9(4-6-10(12)13)5-7-11(14)15-2/h9H,3-8H2,1-2H3/t9-/m1/s1. The highest BCUT2D eigenvalue weighted by atomic mass is 16.5. The molecule has 15 heavy (non-hydrogen) atoms. The van der Waals surface area contributed by atoms with Crippen molar-refractivity contribution in [1.29, 1.82) is 0 Å². The second-order valence-electron chi connectivity index (χ2n) is 3.89. The van der Waals surface area contributed by atoms with Crippen LogP contribution in [0.4, 0.5) is 0 Å². The van der Waals surface area contributed by atoms with Crippen LogP contribution in [0.2, 0.25) is 0 Å². The number of likely N-dealkylation sites (tertiary alicyclic amines) is 1. The highest BCUT2D eigenvalue weighted by Crippen LogP contribution is 2.22. The molecule has 1 rings (SSSR count). The Balaban J connectivity index is 2.40. The number of amides is 1. The molecule has 1 saturated heterocycles. The number of ether oxygens (including phenoxy) is 1. The fourth-order valence-electron chi connectivity index (χ4n) is 2.03. The quantitative estimate of drug-likeness (QED) is 0.647. The molecule has 1 amide bonds. The van der Waals surface area contributed by atoms with Gasteiger partial charge in [-0.2, -0.15) is 0 Å². The van der Waals surface area contributed by atoms with Gasteiger partial charge in [-0.3, -0.25) is 9.59 Å². The largest absolute Gasteiger partial charge is 0.469 e. The van der Waals surface area contributed by atoms with Crippen LogP contribution in [-0.4, -0.2) is 36.5 Å². The molecule has 0 radical (unpaired) electrons. The predicted molar refractivity (Wildman–Crippen MR) is 56.3 cm³/mol. The minimum atomic E-state index is -0.189. The third kappa shape index (κ3) is 3.22. The normalized spacial score (nSPS) is 20.8. The summed E-state index contributed by atoms with van der Waals surface area (Å²) in [5.74, 6) is 0.0394. The Labute approximate surface area is 90.6 Å². The molecular weight excluding hydrogens is 194 g/mol. The number of carbonyl (C=O) groups is 2. The van der Waals surface area contributed by atoms with Crippen LogP contribution < -0.4 is 0 Å². The predicted octanol–water partition coefficient (Wildman–Crippen LogP) is 1.34. The zero-order chi connectivity index (χ0) is 11.3. The van der Waals surface area contributed by atoms with E-state index in [2.05, 4.69) is 11.7 Å². The third-order valence-electron chi connectivity index (χ3n) is 2.83. The number of esters is 1. The summed E-state index contributed by atoms with van der Waals surface area (Å²) in [6.45, 7) is 2.87. The van der Waals surface area contributed by atoms with E-state index in [1.54, 1.807) is 0 Å². The number of nitrogens with zero attached hydrogens (tertiary/aromatic N) is 1. The van der Waals surface area contributed by atoms with Gasteiger partial charge in [-0.25, -0.2) is 0 Å². The highest BCUT2D eigenvalue weighted by Gasteiger charge is 2.30. The summed E-state index contributed by atoms with van der Waals surface area (Å²) in [4.78, 5) is 24.4. The first kappa shape index (κ1) is 12.0. The summed E-state index contributed by atoms with van der Waals surface area (Å²) >= 11 is 0. The Morgan fingerprint density at radius 3 is 2.93 bits per heavy atom. The second kappa shape index (κ2) is 5.73. The molecular formula is C11H19NO3. The van der Waals surface area contributed by atoms with E-state index in [1.807, 2.05) is 4.90 Å². The monoisotopic (exact) mass is 213 g/mol. The first-order valence-electron chi connectivity index (χ1n) is 5.55. The zero-order valence-electron chi connectivity index (χ0n) is 9.49. The Morgan fingerprint density at radius 1 is 1.60 bits per heavy atom. The van der Waals surface area contributed by atoms with Gasteiger partial charge in [0.1, 0.15) is 0 Å². The smallest absolute Gasteiger partial charge is 0.305 e. The molecule has 0 saturated carbocycles. The second-order valence-corrected chi connectivity index (χ2v) is 3.89. The number of carbonyl (C=O) groups excluding carboxylic acids is 2. The molecule has 0 aliphatic carbocycles. The highest BCUT2D eigenvalue weighted by molar-refractivity contribution is 5.79. The topological polar surface area (TPSA) is 46.6 Å². The van der Waals surface area contributed by atoms with Crippen molar-refractivity contribution in [3.63, 3.8) is 0 Å². The van der Waals surface area contributed by atoms with E-state index in [4.69, 9.17) is 0 Å². The van der Waals surface area contributed by atoms with E-state index in [1.165, 1.54) is 7.11 Å². The van der Waals surface area contributed by atoms with Gasteiger partial charge in [0.05, 0.1) is 7.11 Å². The van der Waals surface area contributed by atoms with Gasteiger partial charge in [-0.1, -0.05) is 6.92 Å². The van der Waals surface area contributed by atoms with Crippen molar-refractivity contribution in [2.45, 2.75) is 45.1 Å². The number of hydrogen-bond acceptors (Lipinski definition) is 3. The molecule has 0 unspecified atom stereocenters. The minimum absolute atomic E-state index is 0.189. The maximum absolute atomic E-state index is 11.5. The van der Waals surface area contributed by atoms with E-state index in [-0.39, 0.29) is 17.9 Å². The van der Waals surface area contributed by atoms with Gasteiger partial charge in [-0.05, 0) is 19.3 Å². The Kier molecular flexibility index (Phi) is 4.59. The van der Waals surface area contributed by atoms with E-state index < -0.39 is 0 Å². The van der Waals surface area contributed by atoms with Crippen LogP contribution in [0.3, 0.4) is 0 Å². The van der Waals surface area contributed by atoms with Crippen LogP contribution in [0.15, 0.2) is 0 Å². The summed E-state index contributed by atoms with van der Waals surface area (Å²) in [6, 6.07) is 0.247. The molecule has 1 atom stereocenters. The number of hydrogen-bond donors (Lipinski definition) is 0. The van der Waals surface area contributed by atoms with Crippen molar-refractivity contribution in [3.05, 3.63) is 0 Å². The van der Waals surface area contributed by atoms with E-state index >= 15 is 0 Å². The van der Waals surface area contributed by atoms with Crippen LogP contribution in [0.5, 0.6) is 0 Å². The average molecular weight is 213 g/mol. The fourth-order valence-corrected chi connectivity index (χ4v) is 2.03. The van der Waals surface area contributed by atoms with Crippen molar-refractivity contribution in [2.75, 3.05) is 13.7 Å². The van der Waals surface area contributed by atoms with Crippen molar-refractivity contribution in [2.24, 2.45) is 0 Å². The van der Waals surface area contributed by atoms with Gasteiger partial charge in [0, 0.05) is 25.4 Å². The lowest BCUT2D eigenvalue weighted by atomic mass is 10.1. The molecule has 0 aromatic carbocycles. The maximum atomic E-state index is 11.5. The first-order chi connectivity index (χ1) is 7.19. The molecule has 0 N–H and O–H groups in total. The van der Waals surface area contributed by atoms with Crippen molar-refractivity contribution < 1.29 is 14.3 Å². The zero-order valence-corrected chi connectivity index (χ0v) is 9.49. The summed E-state index contributed by atoms with van der Waals surface area (Å²) < 4.78 is 4.59. The molecule has 1 fully saturated rings. The fraction of sp³-hybridized carbons (Fsp3) is 0.818. The van der Waals surface area contributed by atoms with Gasteiger partial charge in [0.15, 0.2) is 0 Å². The molecule has 0 spiro atoms. The summed E-state index contributed by atoms with van der Waals surface area (Å²) in [6.07, 6.45) is 3.63.